The van der Waals surface area contributed by atoms with Crippen molar-refractivity contribution >= 4 is 24.8 Å². The summed E-state index contributed by atoms with van der Waals surface area (Å²) in [6.07, 6.45) is 0.703. The largest absolute Gasteiger partial charge is 0.497 e. The Morgan fingerprint density at radius 1 is 1.03 bits per heavy atom. The van der Waals surface area contributed by atoms with Crippen molar-refractivity contribution < 1.29 is 23.8 Å². The molecular weight excluding hydrogens is 432 g/mol. The van der Waals surface area contributed by atoms with E-state index in [-0.39, 0.29) is 24.5 Å². The van der Waals surface area contributed by atoms with Crippen molar-refractivity contribution in [2.45, 2.75) is 24.2 Å². The predicted molar refractivity (Wildman–Crippen MR) is 122 cm³/mol. The second-order valence-electron chi connectivity index (χ2n) is 7.97. The summed E-state index contributed by atoms with van der Waals surface area (Å²) in [4.78, 5) is 28.5. The van der Waals surface area contributed by atoms with Crippen LogP contribution in [0, 0.1) is 0 Å². The molecule has 4 rings (SSSR count). The third-order valence-electron chi connectivity index (χ3n) is 6.28. The zero-order chi connectivity index (χ0) is 21.8. The van der Waals surface area contributed by atoms with Gasteiger partial charge in [0.1, 0.15) is 11.2 Å². The molecule has 2 aromatic rings. The maximum absolute atomic E-state index is 13.6. The van der Waals surface area contributed by atoms with Gasteiger partial charge in [-0.25, -0.2) is 0 Å². The minimum atomic E-state index is -0.821. The Balaban J connectivity index is 0.00000289. The minimum absolute atomic E-state index is 0. The Morgan fingerprint density at radius 2 is 1.69 bits per heavy atom. The molecule has 172 valence electrons. The van der Waals surface area contributed by atoms with Crippen molar-refractivity contribution in [3.05, 3.63) is 65.7 Å². The van der Waals surface area contributed by atoms with Crippen LogP contribution in [-0.4, -0.2) is 68.7 Å². The predicted octanol–water partition coefficient (Wildman–Crippen LogP) is 2.79. The van der Waals surface area contributed by atoms with E-state index in [4.69, 9.17) is 14.2 Å². The van der Waals surface area contributed by atoms with Crippen LogP contribution in [0.15, 0.2) is 54.6 Å². The summed E-state index contributed by atoms with van der Waals surface area (Å²) in [5, 5.41) is 0. The fourth-order valence-electron chi connectivity index (χ4n) is 4.30. The highest BCUT2D eigenvalue weighted by Crippen LogP contribution is 2.52. The summed E-state index contributed by atoms with van der Waals surface area (Å²) < 4.78 is 17.0. The van der Waals surface area contributed by atoms with Gasteiger partial charge >= 0.3 is 5.97 Å². The molecule has 0 aromatic heterocycles. The van der Waals surface area contributed by atoms with Crippen molar-refractivity contribution in [2.75, 3.05) is 40.4 Å². The first-order valence-corrected chi connectivity index (χ1v) is 10.5. The third-order valence-corrected chi connectivity index (χ3v) is 6.28. The maximum Gasteiger partial charge on any atom is 0.321 e. The maximum atomic E-state index is 13.6. The van der Waals surface area contributed by atoms with E-state index in [2.05, 4.69) is 4.90 Å². The molecule has 2 aromatic carbocycles. The average Bonchev–Trinajstić information content (AvgIpc) is 3.59. The van der Waals surface area contributed by atoms with Crippen LogP contribution in [0.4, 0.5) is 0 Å². The molecule has 3 unspecified atom stereocenters. The topological polar surface area (TPSA) is 68.3 Å². The highest BCUT2D eigenvalue weighted by Gasteiger charge is 2.64. The number of halogens is 1. The SMILES string of the molecule is COc1ccc(C2(C(=O)OC(c3ccccc3)N3CCN(C=O)CC3)CC2OC)cc1.Cl. The molecule has 1 amide bonds. The van der Waals surface area contributed by atoms with Crippen LogP contribution >= 0.6 is 12.4 Å². The lowest BCUT2D eigenvalue weighted by Crippen LogP contribution is -2.48. The first kappa shape index (κ1) is 24.0. The van der Waals surface area contributed by atoms with E-state index in [1.807, 2.05) is 54.6 Å². The Kier molecular flexibility index (Phi) is 7.77. The number of carbonyl (C=O) groups is 2. The second kappa shape index (κ2) is 10.3. The van der Waals surface area contributed by atoms with Gasteiger partial charge in [0.25, 0.3) is 0 Å². The van der Waals surface area contributed by atoms with Crippen molar-refractivity contribution in [3.8, 4) is 5.75 Å². The molecule has 0 spiro atoms. The molecule has 1 saturated carbocycles. The molecule has 2 aliphatic rings. The lowest BCUT2D eigenvalue weighted by atomic mass is 9.95. The molecule has 0 radical (unpaired) electrons. The molecule has 1 aliphatic heterocycles. The summed E-state index contributed by atoms with van der Waals surface area (Å²) in [6.45, 7) is 2.48. The Morgan fingerprint density at radius 3 is 2.22 bits per heavy atom. The van der Waals surface area contributed by atoms with Crippen molar-refractivity contribution in [1.29, 1.82) is 0 Å². The van der Waals surface area contributed by atoms with E-state index in [1.54, 1.807) is 19.1 Å². The number of nitrogens with zero attached hydrogens (tertiary/aromatic N) is 2. The van der Waals surface area contributed by atoms with Crippen LogP contribution in [-0.2, 0) is 24.5 Å². The summed E-state index contributed by atoms with van der Waals surface area (Å²) in [5.74, 6) is 0.438. The molecule has 8 heteroatoms. The average molecular weight is 461 g/mol. The molecular formula is C24H29ClN2O5. The number of carbonyl (C=O) groups excluding carboxylic acids is 2. The van der Waals surface area contributed by atoms with E-state index in [0.29, 0.717) is 32.6 Å². The number of esters is 1. The van der Waals surface area contributed by atoms with Crippen LogP contribution in [0.3, 0.4) is 0 Å². The van der Waals surface area contributed by atoms with Gasteiger partial charge in [-0.05, 0) is 24.1 Å². The molecule has 1 heterocycles. The summed E-state index contributed by atoms with van der Waals surface area (Å²) in [5.41, 5.74) is 0.955. The quantitative estimate of drug-likeness (QED) is 0.445. The number of piperazine rings is 1. The van der Waals surface area contributed by atoms with E-state index in [9.17, 15) is 9.59 Å². The van der Waals surface area contributed by atoms with E-state index >= 15 is 0 Å². The van der Waals surface area contributed by atoms with Gasteiger partial charge in [0.15, 0.2) is 6.23 Å². The van der Waals surface area contributed by atoms with E-state index < -0.39 is 11.6 Å². The van der Waals surface area contributed by atoms with Gasteiger partial charge in [-0.2, -0.15) is 0 Å². The highest BCUT2D eigenvalue weighted by molar-refractivity contribution is 5.88. The fourth-order valence-corrected chi connectivity index (χ4v) is 4.30. The molecule has 3 atom stereocenters. The second-order valence-corrected chi connectivity index (χ2v) is 7.97. The Hall–Kier alpha value is -2.61. The van der Waals surface area contributed by atoms with E-state index in [1.165, 1.54) is 0 Å². The van der Waals surface area contributed by atoms with Gasteiger partial charge in [-0.3, -0.25) is 14.5 Å². The Labute approximate surface area is 194 Å². The Bertz CT molecular complexity index is 902. The zero-order valence-electron chi connectivity index (χ0n) is 18.3. The fraction of sp³-hybridized carbons (Fsp3) is 0.417. The monoisotopic (exact) mass is 460 g/mol. The number of amides is 1. The number of ether oxygens (including phenoxy) is 3. The van der Waals surface area contributed by atoms with Crippen LogP contribution in [0.1, 0.15) is 23.8 Å². The summed E-state index contributed by atoms with van der Waals surface area (Å²) in [6, 6.07) is 17.2. The molecule has 0 N–H and O–H groups in total. The molecule has 32 heavy (non-hydrogen) atoms. The van der Waals surface area contributed by atoms with Gasteiger partial charge in [-0.15, -0.1) is 12.4 Å². The molecule has 1 aliphatic carbocycles. The van der Waals surface area contributed by atoms with Crippen molar-refractivity contribution in [3.63, 3.8) is 0 Å². The molecule has 2 fully saturated rings. The highest BCUT2D eigenvalue weighted by atomic mass is 35.5. The first-order valence-electron chi connectivity index (χ1n) is 10.5. The lowest BCUT2D eigenvalue weighted by molar-refractivity contribution is -0.167. The molecule has 1 saturated heterocycles. The minimum Gasteiger partial charge on any atom is -0.497 e. The van der Waals surface area contributed by atoms with Crippen molar-refractivity contribution in [1.82, 2.24) is 9.80 Å². The molecule has 0 bridgehead atoms. The molecule has 7 nitrogen and oxygen atoms in total. The summed E-state index contributed by atoms with van der Waals surface area (Å²) in [7, 11) is 3.24. The lowest BCUT2D eigenvalue weighted by Gasteiger charge is -2.38. The van der Waals surface area contributed by atoms with Crippen LogP contribution < -0.4 is 4.74 Å². The number of benzene rings is 2. The van der Waals surface area contributed by atoms with E-state index in [0.717, 1.165) is 23.3 Å². The van der Waals surface area contributed by atoms with Crippen molar-refractivity contribution in [2.24, 2.45) is 0 Å². The summed E-state index contributed by atoms with van der Waals surface area (Å²) >= 11 is 0. The van der Waals surface area contributed by atoms with Crippen LogP contribution in [0.5, 0.6) is 5.75 Å². The third kappa shape index (κ3) is 4.60. The number of hydrogen-bond donors (Lipinski definition) is 0. The van der Waals surface area contributed by atoms with Crippen LogP contribution in [0.25, 0.3) is 0 Å². The van der Waals surface area contributed by atoms with Crippen LogP contribution in [0.2, 0.25) is 0 Å². The standard InChI is InChI=1S/C24H28N2O5.ClH/c1-29-20-10-8-19(9-11-20)24(16-21(24)30-2)23(28)31-22(18-6-4-3-5-7-18)26-14-12-25(17-27)13-15-26;/h3-11,17,21-22H,12-16H2,1-2H3;1H. The number of rotatable bonds is 8. The smallest absolute Gasteiger partial charge is 0.321 e. The van der Waals surface area contributed by atoms with Gasteiger partial charge in [-0.1, -0.05) is 42.5 Å². The first-order chi connectivity index (χ1) is 15.1. The zero-order valence-corrected chi connectivity index (χ0v) is 19.1. The number of hydrogen-bond acceptors (Lipinski definition) is 6. The van der Waals surface area contributed by atoms with Gasteiger partial charge in [0.05, 0.1) is 13.2 Å². The van der Waals surface area contributed by atoms with Gasteiger partial charge in [0, 0.05) is 38.9 Å². The number of methoxy groups -OCH3 is 2. The van der Waals surface area contributed by atoms with Gasteiger partial charge in [0.2, 0.25) is 6.41 Å². The van der Waals surface area contributed by atoms with Gasteiger partial charge < -0.3 is 19.1 Å². The normalized spacial score (nSPS) is 23.6.